The molecule has 0 aromatic rings. The summed E-state index contributed by atoms with van der Waals surface area (Å²) in [6, 6.07) is 0. The van der Waals surface area contributed by atoms with Crippen molar-refractivity contribution < 1.29 is 0 Å². The molecule has 0 aromatic carbocycles. The van der Waals surface area contributed by atoms with E-state index in [-0.39, 0.29) is 0 Å². The molecule has 0 radical (unpaired) electrons. The lowest BCUT2D eigenvalue weighted by molar-refractivity contribution is 0.0255. The predicted molar refractivity (Wildman–Crippen MR) is 49.5 cm³/mol. The first kappa shape index (κ1) is 10.9. The summed E-state index contributed by atoms with van der Waals surface area (Å²) in [6.45, 7) is 5.49. The molecule has 3 nitrogen and oxygen atoms in total. The Kier molecular flexibility index (Phi) is 5.46. The van der Waals surface area contributed by atoms with Gasteiger partial charge in [0.25, 0.3) is 0 Å². The Morgan fingerprint density at radius 3 is 1.73 bits per heavy atom. The fourth-order valence-corrected chi connectivity index (χ4v) is 0.956. The van der Waals surface area contributed by atoms with E-state index in [1.54, 1.807) is 0 Å². The zero-order valence-corrected chi connectivity index (χ0v) is 8.46. The average molecular weight is 159 g/mol. The summed E-state index contributed by atoms with van der Waals surface area (Å²) >= 11 is 0. The summed E-state index contributed by atoms with van der Waals surface area (Å²) in [5, 5.41) is 4.45. The zero-order valence-electron chi connectivity index (χ0n) is 8.46. The molecule has 0 unspecified atom stereocenters. The van der Waals surface area contributed by atoms with Crippen LogP contribution in [0, 0.1) is 0 Å². The highest BCUT2D eigenvalue weighted by atomic mass is 15.6. The second kappa shape index (κ2) is 5.52. The molecule has 0 aliphatic rings. The molecule has 0 aliphatic heterocycles. The van der Waals surface area contributed by atoms with Crippen molar-refractivity contribution in [2.45, 2.75) is 6.92 Å². The molecule has 0 aromatic heterocycles. The Bertz CT molecular complexity index is 91.3. The SMILES string of the molecule is CCN(CCN(C)C)N(C)C. The predicted octanol–water partition coefficient (Wildman–Crippen LogP) is 0.346. The maximum atomic E-state index is 2.31. The molecule has 0 saturated carbocycles. The van der Waals surface area contributed by atoms with E-state index in [1.807, 2.05) is 0 Å². The van der Waals surface area contributed by atoms with Gasteiger partial charge in [-0.25, -0.2) is 10.0 Å². The van der Waals surface area contributed by atoms with E-state index in [9.17, 15) is 0 Å². The van der Waals surface area contributed by atoms with Gasteiger partial charge in [0.1, 0.15) is 0 Å². The number of nitrogens with zero attached hydrogens (tertiary/aromatic N) is 3. The summed E-state index contributed by atoms with van der Waals surface area (Å²) in [5.41, 5.74) is 0. The molecule has 11 heavy (non-hydrogen) atoms. The largest absolute Gasteiger partial charge is 0.308 e. The number of rotatable bonds is 5. The van der Waals surface area contributed by atoms with E-state index >= 15 is 0 Å². The fourth-order valence-electron chi connectivity index (χ4n) is 0.956. The highest BCUT2D eigenvalue weighted by Gasteiger charge is 2.03. The standard InChI is InChI=1S/C8H21N3/c1-6-11(10(4)5)8-7-9(2)3/h6-8H2,1-5H3. The van der Waals surface area contributed by atoms with Crippen LogP contribution in [0.2, 0.25) is 0 Å². The average Bonchev–Trinajstić information content (AvgIpc) is 1.87. The molecule has 0 heterocycles. The lowest BCUT2D eigenvalue weighted by Crippen LogP contribution is -2.40. The van der Waals surface area contributed by atoms with Gasteiger partial charge >= 0.3 is 0 Å². The van der Waals surface area contributed by atoms with Crippen LogP contribution in [0.1, 0.15) is 6.92 Å². The quantitative estimate of drug-likeness (QED) is 0.536. The van der Waals surface area contributed by atoms with Crippen LogP contribution in [0.3, 0.4) is 0 Å². The van der Waals surface area contributed by atoms with Gasteiger partial charge in [0, 0.05) is 33.7 Å². The van der Waals surface area contributed by atoms with E-state index in [2.05, 4.69) is 50.0 Å². The normalized spacial score (nSPS) is 12.0. The molecule has 0 saturated heterocycles. The topological polar surface area (TPSA) is 9.72 Å². The van der Waals surface area contributed by atoms with E-state index in [1.165, 1.54) is 0 Å². The lowest BCUT2D eigenvalue weighted by Gasteiger charge is -2.28. The van der Waals surface area contributed by atoms with Crippen LogP contribution < -0.4 is 0 Å². The molecular formula is C8H21N3. The van der Waals surface area contributed by atoms with Gasteiger partial charge in [-0.3, -0.25) is 0 Å². The van der Waals surface area contributed by atoms with Gasteiger partial charge < -0.3 is 4.90 Å². The molecule has 68 valence electrons. The second-order valence-electron chi connectivity index (χ2n) is 3.20. The van der Waals surface area contributed by atoms with Gasteiger partial charge in [-0.05, 0) is 14.1 Å². The van der Waals surface area contributed by atoms with Gasteiger partial charge in [0.15, 0.2) is 0 Å². The molecule has 0 spiro atoms. The minimum atomic E-state index is 1.08. The summed E-state index contributed by atoms with van der Waals surface area (Å²) in [4.78, 5) is 2.20. The third-order valence-electron chi connectivity index (χ3n) is 1.74. The maximum absolute atomic E-state index is 2.31. The molecule has 0 amide bonds. The third kappa shape index (κ3) is 5.18. The van der Waals surface area contributed by atoms with Crippen molar-refractivity contribution in [3.63, 3.8) is 0 Å². The van der Waals surface area contributed by atoms with Crippen molar-refractivity contribution in [2.24, 2.45) is 0 Å². The Hall–Kier alpha value is -0.120. The van der Waals surface area contributed by atoms with Crippen LogP contribution in [0.4, 0.5) is 0 Å². The number of hydrogen-bond donors (Lipinski definition) is 0. The Morgan fingerprint density at radius 1 is 0.909 bits per heavy atom. The molecular weight excluding hydrogens is 138 g/mol. The first-order chi connectivity index (χ1) is 5.07. The van der Waals surface area contributed by atoms with Crippen LogP contribution in [0.25, 0.3) is 0 Å². The molecule has 0 aliphatic carbocycles. The molecule has 0 fully saturated rings. The first-order valence-electron chi connectivity index (χ1n) is 4.14. The van der Waals surface area contributed by atoms with Gasteiger partial charge in [-0.2, -0.15) is 0 Å². The fraction of sp³-hybridized carbons (Fsp3) is 1.00. The maximum Gasteiger partial charge on any atom is 0.0260 e. The van der Waals surface area contributed by atoms with Crippen LogP contribution in [-0.2, 0) is 0 Å². The van der Waals surface area contributed by atoms with Crippen molar-refractivity contribution in [2.75, 3.05) is 47.8 Å². The Balaban J connectivity index is 3.52. The zero-order chi connectivity index (χ0) is 8.85. The van der Waals surface area contributed by atoms with Crippen LogP contribution in [0.15, 0.2) is 0 Å². The number of hydrogen-bond acceptors (Lipinski definition) is 3. The van der Waals surface area contributed by atoms with Crippen molar-refractivity contribution in [1.82, 2.24) is 14.9 Å². The number of hydrazine groups is 1. The lowest BCUT2D eigenvalue weighted by atomic mass is 10.5. The first-order valence-corrected chi connectivity index (χ1v) is 4.14. The smallest absolute Gasteiger partial charge is 0.0260 e. The summed E-state index contributed by atoms with van der Waals surface area (Å²) in [6.07, 6.45) is 0. The van der Waals surface area contributed by atoms with E-state index in [0.717, 1.165) is 19.6 Å². The van der Waals surface area contributed by atoms with Crippen LogP contribution in [-0.4, -0.2) is 62.7 Å². The molecule has 3 heteroatoms. The minimum Gasteiger partial charge on any atom is -0.308 e. The van der Waals surface area contributed by atoms with Gasteiger partial charge in [0.2, 0.25) is 0 Å². The van der Waals surface area contributed by atoms with Gasteiger partial charge in [-0.1, -0.05) is 6.92 Å². The minimum absolute atomic E-state index is 1.08. The molecule has 0 bridgehead atoms. The molecule has 0 atom stereocenters. The number of likely N-dealkylation sites (N-methyl/N-ethyl adjacent to an activating group) is 2. The monoisotopic (exact) mass is 159 g/mol. The van der Waals surface area contributed by atoms with Crippen molar-refractivity contribution in [1.29, 1.82) is 0 Å². The summed E-state index contributed by atoms with van der Waals surface area (Å²) in [7, 11) is 8.37. The van der Waals surface area contributed by atoms with Crippen molar-refractivity contribution in [3.05, 3.63) is 0 Å². The van der Waals surface area contributed by atoms with E-state index in [0.29, 0.717) is 0 Å². The Morgan fingerprint density at radius 2 is 1.45 bits per heavy atom. The highest BCUT2D eigenvalue weighted by Crippen LogP contribution is 1.90. The second-order valence-corrected chi connectivity index (χ2v) is 3.20. The molecule has 0 N–H and O–H groups in total. The third-order valence-corrected chi connectivity index (χ3v) is 1.74. The van der Waals surface area contributed by atoms with Crippen LogP contribution >= 0.6 is 0 Å². The molecule has 0 rings (SSSR count). The van der Waals surface area contributed by atoms with Crippen LogP contribution in [0.5, 0.6) is 0 Å². The highest BCUT2D eigenvalue weighted by molar-refractivity contribution is 4.51. The van der Waals surface area contributed by atoms with Gasteiger partial charge in [0.05, 0.1) is 0 Å². The van der Waals surface area contributed by atoms with Gasteiger partial charge in [-0.15, -0.1) is 0 Å². The van der Waals surface area contributed by atoms with Crippen molar-refractivity contribution in [3.8, 4) is 0 Å². The van der Waals surface area contributed by atoms with E-state index < -0.39 is 0 Å². The van der Waals surface area contributed by atoms with E-state index in [4.69, 9.17) is 0 Å². The van der Waals surface area contributed by atoms with Crippen molar-refractivity contribution >= 4 is 0 Å². The summed E-state index contributed by atoms with van der Waals surface area (Å²) < 4.78 is 0. The summed E-state index contributed by atoms with van der Waals surface area (Å²) in [5.74, 6) is 0. The Labute approximate surface area is 70.5 Å².